The molecule has 1 aromatic heterocycles. The van der Waals surface area contributed by atoms with Crippen LogP contribution in [0.25, 0.3) is 11.1 Å². The van der Waals surface area contributed by atoms with Gasteiger partial charge in [-0.2, -0.15) is 0 Å². The number of aromatic nitrogens is 1. The van der Waals surface area contributed by atoms with Crippen molar-refractivity contribution in [2.24, 2.45) is 17.6 Å². The second-order valence-corrected chi connectivity index (χ2v) is 8.74. The molecule has 1 aliphatic rings. The zero-order valence-corrected chi connectivity index (χ0v) is 18.3. The van der Waals surface area contributed by atoms with Gasteiger partial charge in [0.2, 0.25) is 5.91 Å². The van der Waals surface area contributed by atoms with Crippen LogP contribution in [0.3, 0.4) is 0 Å². The Kier molecular flexibility index (Phi) is 7.17. The number of H-pyrrole nitrogens is 1. The fraction of sp³-hybridized carbons (Fsp3) is 0.333. The molecule has 0 radical (unpaired) electrons. The van der Waals surface area contributed by atoms with Crippen molar-refractivity contribution in [2.75, 3.05) is 6.54 Å². The van der Waals surface area contributed by atoms with E-state index in [0.717, 1.165) is 42.4 Å². The van der Waals surface area contributed by atoms with E-state index in [0.29, 0.717) is 24.4 Å². The third-order valence-electron chi connectivity index (χ3n) is 6.56. The molecule has 32 heavy (non-hydrogen) atoms. The molecule has 1 aliphatic carbocycles. The molecule has 0 spiro atoms. The lowest BCUT2D eigenvalue weighted by Gasteiger charge is -2.28. The third-order valence-corrected chi connectivity index (χ3v) is 6.56. The van der Waals surface area contributed by atoms with Crippen LogP contribution in [0.4, 0.5) is 0 Å². The van der Waals surface area contributed by atoms with E-state index in [4.69, 9.17) is 5.73 Å². The average Bonchev–Trinajstić information content (AvgIpc) is 2.85. The summed E-state index contributed by atoms with van der Waals surface area (Å²) in [7, 11) is 0. The molecule has 1 fully saturated rings. The Morgan fingerprint density at radius 1 is 0.969 bits per heavy atom. The Hall–Kier alpha value is -3.18. The number of carbonyl (C=O) groups excluding carboxylic acids is 1. The molecule has 1 heterocycles. The molecule has 1 unspecified atom stereocenters. The molecule has 0 bridgehead atoms. The summed E-state index contributed by atoms with van der Waals surface area (Å²) in [6, 6.07) is 21.4. The highest BCUT2D eigenvalue weighted by atomic mass is 16.2. The van der Waals surface area contributed by atoms with Gasteiger partial charge < -0.3 is 16.0 Å². The van der Waals surface area contributed by atoms with E-state index < -0.39 is 6.04 Å². The van der Waals surface area contributed by atoms with Crippen LogP contribution >= 0.6 is 0 Å². The van der Waals surface area contributed by atoms with Crippen molar-refractivity contribution >= 4 is 5.91 Å². The van der Waals surface area contributed by atoms with Crippen molar-refractivity contribution in [2.45, 2.75) is 38.1 Å². The van der Waals surface area contributed by atoms with Crippen molar-refractivity contribution in [3.8, 4) is 11.1 Å². The van der Waals surface area contributed by atoms with E-state index in [1.807, 2.05) is 66.7 Å². The Balaban J connectivity index is 1.61. The lowest BCUT2D eigenvalue weighted by Crippen LogP contribution is -2.39. The van der Waals surface area contributed by atoms with Crippen molar-refractivity contribution in [1.29, 1.82) is 0 Å². The van der Waals surface area contributed by atoms with Crippen LogP contribution < -0.4 is 16.6 Å². The molecule has 1 atom stereocenters. The Morgan fingerprint density at radius 2 is 1.62 bits per heavy atom. The summed E-state index contributed by atoms with van der Waals surface area (Å²) >= 11 is 0. The monoisotopic (exact) mass is 429 g/mol. The lowest BCUT2D eigenvalue weighted by atomic mass is 9.81. The molecule has 2 aromatic carbocycles. The minimum absolute atomic E-state index is 0.0209. The number of pyridine rings is 1. The van der Waals surface area contributed by atoms with Crippen LogP contribution in [0.2, 0.25) is 0 Å². The third kappa shape index (κ3) is 5.35. The predicted octanol–water partition coefficient (Wildman–Crippen LogP) is 4.21. The topological polar surface area (TPSA) is 88.0 Å². The molecule has 4 N–H and O–H groups in total. The first-order valence-electron chi connectivity index (χ1n) is 11.5. The van der Waals surface area contributed by atoms with Gasteiger partial charge >= 0.3 is 0 Å². The van der Waals surface area contributed by atoms with Crippen molar-refractivity contribution in [3.05, 3.63) is 94.4 Å². The number of hydrogen-bond acceptors (Lipinski definition) is 3. The normalized spacial score (nSPS) is 19.3. The standard InChI is InChI=1S/C27H31N3O2/c28-17-20-11-13-22(14-12-20)26(31)30-25(15-19-7-3-1-4-8-19)24-16-23(18-29-27(24)32)21-9-5-2-6-10-21/h1-10,16,18,20,22,25H,11-15,17,28H2,(H,29,32)(H,30,31). The van der Waals surface area contributed by atoms with Crippen LogP contribution in [0, 0.1) is 11.8 Å². The minimum Gasteiger partial charge on any atom is -0.349 e. The van der Waals surface area contributed by atoms with E-state index in [9.17, 15) is 9.59 Å². The van der Waals surface area contributed by atoms with Crippen molar-refractivity contribution < 1.29 is 4.79 Å². The second-order valence-electron chi connectivity index (χ2n) is 8.74. The molecule has 1 amide bonds. The molecule has 0 saturated heterocycles. The van der Waals surface area contributed by atoms with E-state index in [2.05, 4.69) is 10.3 Å². The van der Waals surface area contributed by atoms with Gasteiger partial charge in [-0.3, -0.25) is 9.59 Å². The molecule has 3 aromatic rings. The zero-order chi connectivity index (χ0) is 22.3. The SMILES string of the molecule is NCC1CCC(C(=O)NC(Cc2ccccc2)c2cc(-c3ccccc3)c[nH]c2=O)CC1. The Morgan fingerprint density at radius 3 is 2.28 bits per heavy atom. The highest BCUT2D eigenvalue weighted by Crippen LogP contribution is 2.29. The summed E-state index contributed by atoms with van der Waals surface area (Å²) in [4.78, 5) is 28.9. The summed E-state index contributed by atoms with van der Waals surface area (Å²) in [5, 5.41) is 3.21. The fourth-order valence-electron chi connectivity index (χ4n) is 4.60. The number of carbonyl (C=O) groups is 1. The first-order valence-corrected chi connectivity index (χ1v) is 11.5. The first kappa shape index (κ1) is 22.0. The van der Waals surface area contributed by atoms with Gasteiger partial charge in [0, 0.05) is 17.7 Å². The zero-order valence-electron chi connectivity index (χ0n) is 18.3. The van der Waals surface area contributed by atoms with Gasteiger partial charge in [-0.05, 0) is 67.3 Å². The van der Waals surface area contributed by atoms with Gasteiger partial charge in [-0.15, -0.1) is 0 Å². The molecule has 5 heteroatoms. The fourth-order valence-corrected chi connectivity index (χ4v) is 4.60. The van der Waals surface area contributed by atoms with Gasteiger partial charge in [-0.1, -0.05) is 60.7 Å². The maximum Gasteiger partial charge on any atom is 0.253 e. The van der Waals surface area contributed by atoms with E-state index in [1.54, 1.807) is 6.20 Å². The Labute approximate surface area is 189 Å². The van der Waals surface area contributed by atoms with Crippen LogP contribution in [0.15, 0.2) is 77.7 Å². The maximum atomic E-state index is 13.2. The van der Waals surface area contributed by atoms with E-state index >= 15 is 0 Å². The molecule has 1 saturated carbocycles. The smallest absolute Gasteiger partial charge is 0.253 e. The van der Waals surface area contributed by atoms with Gasteiger partial charge in [-0.25, -0.2) is 0 Å². The number of amides is 1. The quantitative estimate of drug-likeness (QED) is 0.526. The summed E-state index contributed by atoms with van der Waals surface area (Å²) in [6.07, 6.45) is 5.98. The van der Waals surface area contributed by atoms with Crippen molar-refractivity contribution in [1.82, 2.24) is 10.3 Å². The number of rotatable bonds is 7. The molecular formula is C27H31N3O2. The maximum absolute atomic E-state index is 13.2. The number of nitrogens with two attached hydrogens (primary N) is 1. The van der Waals surface area contributed by atoms with Crippen molar-refractivity contribution in [3.63, 3.8) is 0 Å². The number of hydrogen-bond donors (Lipinski definition) is 3. The number of benzene rings is 2. The van der Waals surface area contributed by atoms with Gasteiger partial charge in [0.05, 0.1) is 6.04 Å². The van der Waals surface area contributed by atoms with Crippen LogP contribution in [0.1, 0.15) is 42.9 Å². The number of aromatic amines is 1. The van der Waals surface area contributed by atoms with Crippen LogP contribution in [-0.2, 0) is 11.2 Å². The molecular weight excluding hydrogens is 398 g/mol. The Bertz CT molecular complexity index is 1070. The predicted molar refractivity (Wildman–Crippen MR) is 128 cm³/mol. The molecule has 166 valence electrons. The number of nitrogens with one attached hydrogen (secondary N) is 2. The molecule has 4 rings (SSSR count). The minimum atomic E-state index is -0.399. The van der Waals surface area contributed by atoms with E-state index in [1.165, 1.54) is 0 Å². The molecule has 0 aliphatic heterocycles. The highest BCUT2D eigenvalue weighted by Gasteiger charge is 2.28. The summed E-state index contributed by atoms with van der Waals surface area (Å²) in [6.45, 7) is 0.687. The van der Waals surface area contributed by atoms with Gasteiger partial charge in [0.15, 0.2) is 0 Å². The van der Waals surface area contributed by atoms with E-state index in [-0.39, 0.29) is 17.4 Å². The summed E-state index contributed by atoms with van der Waals surface area (Å²) < 4.78 is 0. The molecule has 5 nitrogen and oxygen atoms in total. The lowest BCUT2D eigenvalue weighted by molar-refractivity contribution is -0.127. The summed E-state index contributed by atoms with van der Waals surface area (Å²) in [5.41, 5.74) is 9.25. The first-order chi connectivity index (χ1) is 15.6. The van der Waals surface area contributed by atoms with Gasteiger partial charge in [0.1, 0.15) is 0 Å². The van der Waals surface area contributed by atoms with Crippen LogP contribution in [0.5, 0.6) is 0 Å². The van der Waals surface area contributed by atoms with Gasteiger partial charge in [0.25, 0.3) is 5.56 Å². The second kappa shape index (κ2) is 10.4. The average molecular weight is 430 g/mol. The highest BCUT2D eigenvalue weighted by molar-refractivity contribution is 5.79. The van der Waals surface area contributed by atoms with Crippen LogP contribution in [-0.4, -0.2) is 17.4 Å². The largest absolute Gasteiger partial charge is 0.349 e. The summed E-state index contributed by atoms with van der Waals surface area (Å²) in [5.74, 6) is 0.531.